The fraction of sp³-hybridized carbons (Fsp3) is 0.304. The van der Waals surface area contributed by atoms with E-state index in [-0.39, 0.29) is 12.5 Å². The van der Waals surface area contributed by atoms with Gasteiger partial charge in [0.2, 0.25) is 0 Å². The number of anilines is 1. The molecular weight excluding hydrogens is 408 g/mol. The Morgan fingerprint density at radius 3 is 2.72 bits per heavy atom. The van der Waals surface area contributed by atoms with Gasteiger partial charge in [-0.15, -0.1) is 6.42 Å². The number of nitrogens with zero attached hydrogens (tertiary/aromatic N) is 6. The lowest BCUT2D eigenvalue weighted by Gasteiger charge is -2.34. The van der Waals surface area contributed by atoms with Crippen LogP contribution in [0.15, 0.2) is 36.8 Å². The predicted molar refractivity (Wildman–Crippen MR) is 118 cm³/mol. The van der Waals surface area contributed by atoms with Gasteiger partial charge in [-0.2, -0.15) is 10.4 Å². The standard InChI is InChI=1S/C23H22N6O3/c1-3-22(31)28-8-6-27(7-9-28)21-5-4-17(12-25-21)20-10-19(32-15-16(2)30)14-29-23(20)18(11-24)13-26-29/h1,4-5,10,12-14,16,30H,6-9,15H2,2H3/t16-/m0/s1. The highest BCUT2D eigenvalue weighted by molar-refractivity contribution is 5.93. The quantitative estimate of drug-likeness (QED) is 0.608. The van der Waals surface area contributed by atoms with Crippen molar-refractivity contribution in [2.24, 2.45) is 0 Å². The molecule has 1 saturated heterocycles. The van der Waals surface area contributed by atoms with Crippen molar-refractivity contribution in [3.8, 4) is 35.3 Å². The Labute approximate surface area is 185 Å². The molecule has 0 spiro atoms. The van der Waals surface area contributed by atoms with E-state index < -0.39 is 6.10 Å². The van der Waals surface area contributed by atoms with Gasteiger partial charge in [0, 0.05) is 43.5 Å². The van der Waals surface area contributed by atoms with Crippen LogP contribution in [-0.2, 0) is 4.79 Å². The molecule has 9 heteroatoms. The zero-order valence-corrected chi connectivity index (χ0v) is 17.6. The summed E-state index contributed by atoms with van der Waals surface area (Å²) in [7, 11) is 0. The summed E-state index contributed by atoms with van der Waals surface area (Å²) in [4.78, 5) is 20.0. The third-order valence-corrected chi connectivity index (χ3v) is 5.27. The lowest BCUT2D eigenvalue weighted by Crippen LogP contribution is -2.48. The number of carbonyl (C=O) groups is 1. The van der Waals surface area contributed by atoms with E-state index in [9.17, 15) is 15.2 Å². The number of ether oxygens (including phenoxy) is 1. The molecule has 1 aliphatic rings. The average Bonchev–Trinajstić information content (AvgIpc) is 3.25. The minimum atomic E-state index is -0.612. The molecule has 9 nitrogen and oxygen atoms in total. The Bertz CT molecular complexity index is 1210. The van der Waals surface area contributed by atoms with Crippen LogP contribution in [0.3, 0.4) is 0 Å². The summed E-state index contributed by atoms with van der Waals surface area (Å²) in [6.45, 7) is 4.19. The van der Waals surface area contributed by atoms with Crippen molar-refractivity contribution in [3.05, 3.63) is 42.4 Å². The van der Waals surface area contributed by atoms with Crippen LogP contribution in [0.5, 0.6) is 5.75 Å². The van der Waals surface area contributed by atoms with Crippen LogP contribution in [0.25, 0.3) is 16.6 Å². The van der Waals surface area contributed by atoms with Crippen molar-refractivity contribution < 1.29 is 14.6 Å². The lowest BCUT2D eigenvalue weighted by molar-refractivity contribution is -0.125. The summed E-state index contributed by atoms with van der Waals surface area (Å²) >= 11 is 0. The zero-order valence-electron chi connectivity index (χ0n) is 17.6. The first-order chi connectivity index (χ1) is 15.5. The van der Waals surface area contributed by atoms with Crippen molar-refractivity contribution in [3.63, 3.8) is 0 Å². The van der Waals surface area contributed by atoms with Crippen LogP contribution >= 0.6 is 0 Å². The molecule has 32 heavy (non-hydrogen) atoms. The van der Waals surface area contributed by atoms with E-state index in [1.165, 1.54) is 6.20 Å². The summed E-state index contributed by atoms with van der Waals surface area (Å²) in [5.41, 5.74) is 2.67. The van der Waals surface area contributed by atoms with Gasteiger partial charge in [-0.3, -0.25) is 4.79 Å². The molecule has 0 aromatic carbocycles. The Hall–Kier alpha value is -4.08. The van der Waals surface area contributed by atoms with Crippen LogP contribution in [0.2, 0.25) is 0 Å². The molecule has 3 aromatic rings. The van der Waals surface area contributed by atoms with E-state index in [4.69, 9.17) is 11.2 Å². The maximum atomic E-state index is 11.7. The molecule has 1 aliphatic heterocycles. The van der Waals surface area contributed by atoms with Gasteiger partial charge in [0.1, 0.15) is 24.2 Å². The smallest absolute Gasteiger partial charge is 0.298 e. The number of terminal acetylenes is 1. The number of aromatic nitrogens is 3. The number of aliphatic hydroxyl groups excluding tert-OH is 1. The van der Waals surface area contributed by atoms with Crippen LogP contribution in [-0.4, -0.2) is 69.4 Å². The number of hydrogen-bond acceptors (Lipinski definition) is 7. The van der Waals surface area contributed by atoms with Gasteiger partial charge in [0.05, 0.1) is 29.6 Å². The fourth-order valence-electron chi connectivity index (χ4n) is 3.66. The lowest BCUT2D eigenvalue weighted by atomic mass is 10.1. The number of amides is 1. The molecule has 3 aromatic heterocycles. The van der Waals surface area contributed by atoms with E-state index in [0.29, 0.717) is 43.0 Å². The molecule has 1 fully saturated rings. The molecule has 1 atom stereocenters. The van der Waals surface area contributed by atoms with Gasteiger partial charge in [-0.05, 0) is 31.0 Å². The Balaban J connectivity index is 1.61. The van der Waals surface area contributed by atoms with Gasteiger partial charge in [-0.25, -0.2) is 9.50 Å². The summed E-state index contributed by atoms with van der Waals surface area (Å²) in [6.07, 6.45) is 9.53. The molecule has 4 rings (SSSR count). The van der Waals surface area contributed by atoms with Crippen LogP contribution < -0.4 is 9.64 Å². The third kappa shape index (κ3) is 4.20. The molecule has 0 unspecified atom stereocenters. The summed E-state index contributed by atoms with van der Waals surface area (Å²) in [5.74, 6) is 3.19. The first-order valence-corrected chi connectivity index (χ1v) is 10.2. The SMILES string of the molecule is C#CC(=O)N1CCN(c2ccc(-c3cc(OC[C@H](C)O)cn4ncc(C#N)c34)cn2)CC1. The van der Waals surface area contributed by atoms with Crippen molar-refractivity contribution in [1.82, 2.24) is 19.5 Å². The molecule has 0 radical (unpaired) electrons. The Morgan fingerprint density at radius 2 is 2.09 bits per heavy atom. The number of rotatable bonds is 5. The second kappa shape index (κ2) is 8.96. The molecule has 162 valence electrons. The van der Waals surface area contributed by atoms with Gasteiger partial charge in [-0.1, -0.05) is 0 Å². The maximum absolute atomic E-state index is 11.7. The number of aliphatic hydroxyl groups is 1. The highest BCUT2D eigenvalue weighted by Crippen LogP contribution is 2.31. The van der Waals surface area contributed by atoms with Gasteiger partial charge < -0.3 is 19.6 Å². The molecule has 0 saturated carbocycles. The number of carbonyl (C=O) groups excluding carboxylic acids is 1. The minimum absolute atomic E-state index is 0.142. The fourth-order valence-corrected chi connectivity index (χ4v) is 3.66. The topological polar surface area (TPSA) is 107 Å². The van der Waals surface area contributed by atoms with Crippen LogP contribution in [0, 0.1) is 23.7 Å². The zero-order chi connectivity index (χ0) is 22.7. The van der Waals surface area contributed by atoms with Gasteiger partial charge in [0.15, 0.2) is 0 Å². The second-order valence-electron chi connectivity index (χ2n) is 7.54. The van der Waals surface area contributed by atoms with E-state index in [0.717, 1.165) is 16.9 Å². The minimum Gasteiger partial charge on any atom is -0.489 e. The maximum Gasteiger partial charge on any atom is 0.298 e. The van der Waals surface area contributed by atoms with Crippen molar-refractivity contribution >= 4 is 17.2 Å². The van der Waals surface area contributed by atoms with Crippen LogP contribution in [0.1, 0.15) is 12.5 Å². The predicted octanol–water partition coefficient (Wildman–Crippen LogP) is 1.31. The normalized spacial score (nSPS) is 14.6. The first kappa shape index (κ1) is 21.2. The van der Waals surface area contributed by atoms with Gasteiger partial charge >= 0.3 is 0 Å². The van der Waals surface area contributed by atoms with E-state index in [1.807, 2.05) is 18.2 Å². The van der Waals surface area contributed by atoms with Crippen molar-refractivity contribution in [1.29, 1.82) is 5.26 Å². The summed E-state index contributed by atoms with van der Waals surface area (Å²) in [6, 6.07) is 7.84. The molecule has 1 N–H and O–H groups in total. The number of pyridine rings is 2. The summed E-state index contributed by atoms with van der Waals surface area (Å²) < 4.78 is 7.27. The van der Waals surface area contributed by atoms with Gasteiger partial charge in [0.25, 0.3) is 5.91 Å². The first-order valence-electron chi connectivity index (χ1n) is 10.2. The highest BCUT2D eigenvalue weighted by atomic mass is 16.5. The van der Waals surface area contributed by atoms with Crippen LogP contribution in [0.4, 0.5) is 5.82 Å². The largest absolute Gasteiger partial charge is 0.489 e. The second-order valence-corrected chi connectivity index (χ2v) is 7.54. The number of fused-ring (bicyclic) bond motifs is 1. The van der Waals surface area contributed by atoms with E-state index in [2.05, 4.69) is 27.0 Å². The van der Waals surface area contributed by atoms with E-state index in [1.54, 1.807) is 28.7 Å². The van der Waals surface area contributed by atoms with E-state index >= 15 is 0 Å². The third-order valence-electron chi connectivity index (χ3n) is 5.27. The Morgan fingerprint density at radius 1 is 1.31 bits per heavy atom. The number of hydrogen-bond donors (Lipinski definition) is 1. The molecule has 0 aliphatic carbocycles. The molecule has 0 bridgehead atoms. The highest BCUT2D eigenvalue weighted by Gasteiger charge is 2.21. The molecular formula is C23H22N6O3. The van der Waals surface area contributed by atoms with Crippen molar-refractivity contribution in [2.45, 2.75) is 13.0 Å². The monoisotopic (exact) mass is 430 g/mol. The van der Waals surface area contributed by atoms with Crippen molar-refractivity contribution in [2.75, 3.05) is 37.7 Å². The Kier molecular flexibility index (Phi) is 5.93. The number of piperazine rings is 1. The molecule has 1 amide bonds. The molecule has 4 heterocycles. The summed E-state index contributed by atoms with van der Waals surface area (Å²) in [5, 5.41) is 23.3. The average molecular weight is 430 g/mol. The number of nitriles is 1.